The highest BCUT2D eigenvalue weighted by Gasteiger charge is 2.22. The van der Waals surface area contributed by atoms with Gasteiger partial charge in [-0.25, -0.2) is 8.42 Å². The highest BCUT2D eigenvalue weighted by molar-refractivity contribution is 9.11. The third-order valence-corrected chi connectivity index (χ3v) is 4.67. The molecular formula is C12H12BrNO2S. The normalized spacial score (nSPS) is 15.9. The first-order valence-electron chi connectivity index (χ1n) is 5.12. The molecule has 17 heavy (non-hydrogen) atoms. The molecule has 0 bridgehead atoms. The summed E-state index contributed by atoms with van der Waals surface area (Å²) >= 11 is 3.27. The van der Waals surface area contributed by atoms with Gasteiger partial charge < -0.3 is 0 Å². The first kappa shape index (κ1) is 12.4. The van der Waals surface area contributed by atoms with E-state index in [2.05, 4.69) is 15.9 Å². The molecule has 3 nitrogen and oxygen atoms in total. The van der Waals surface area contributed by atoms with Crippen LogP contribution in [-0.4, -0.2) is 19.3 Å². The molecule has 0 fully saturated rings. The molecule has 0 N–H and O–H groups in total. The Morgan fingerprint density at radius 1 is 1.24 bits per heavy atom. The molecule has 90 valence electrons. The SMILES string of the molecule is Cc1ccc(S(=O)(=O)N2C=C(Br)C=CC2)cc1. The summed E-state index contributed by atoms with van der Waals surface area (Å²) in [4.78, 5) is 0.315. The van der Waals surface area contributed by atoms with Crippen LogP contribution in [0.4, 0.5) is 0 Å². The Bertz CT molecular complexity index is 573. The van der Waals surface area contributed by atoms with Gasteiger partial charge in [-0.1, -0.05) is 23.8 Å². The minimum Gasteiger partial charge on any atom is -0.268 e. The molecule has 0 atom stereocenters. The van der Waals surface area contributed by atoms with Crippen molar-refractivity contribution in [3.8, 4) is 0 Å². The Morgan fingerprint density at radius 3 is 2.47 bits per heavy atom. The molecular weight excluding hydrogens is 302 g/mol. The molecule has 0 unspecified atom stereocenters. The van der Waals surface area contributed by atoms with Gasteiger partial charge in [0, 0.05) is 10.7 Å². The van der Waals surface area contributed by atoms with Crippen LogP contribution in [0.15, 0.2) is 52.0 Å². The van der Waals surface area contributed by atoms with Gasteiger partial charge in [0.2, 0.25) is 0 Å². The van der Waals surface area contributed by atoms with Gasteiger partial charge in [-0.3, -0.25) is 4.31 Å². The standard InChI is InChI=1S/C12H12BrNO2S/c1-10-4-6-12(7-5-10)17(15,16)14-8-2-3-11(13)9-14/h2-7,9H,8H2,1H3. The van der Waals surface area contributed by atoms with Crippen LogP contribution in [0.25, 0.3) is 0 Å². The molecule has 1 heterocycles. The summed E-state index contributed by atoms with van der Waals surface area (Å²) in [6.07, 6.45) is 5.21. The molecule has 0 aromatic heterocycles. The number of benzene rings is 1. The van der Waals surface area contributed by atoms with E-state index in [4.69, 9.17) is 0 Å². The molecule has 0 aliphatic carbocycles. The maximum absolute atomic E-state index is 12.3. The minimum atomic E-state index is -3.44. The van der Waals surface area contributed by atoms with Crippen molar-refractivity contribution in [2.24, 2.45) is 0 Å². The van der Waals surface area contributed by atoms with E-state index in [-0.39, 0.29) is 0 Å². The summed E-state index contributed by atoms with van der Waals surface area (Å²) in [6.45, 7) is 2.29. The number of rotatable bonds is 2. The first-order valence-corrected chi connectivity index (χ1v) is 7.36. The highest BCUT2D eigenvalue weighted by atomic mass is 79.9. The summed E-state index contributed by atoms with van der Waals surface area (Å²) in [5.41, 5.74) is 1.04. The lowest BCUT2D eigenvalue weighted by Gasteiger charge is -2.21. The van der Waals surface area contributed by atoms with Crippen LogP contribution in [0.1, 0.15) is 5.56 Å². The van der Waals surface area contributed by atoms with Gasteiger partial charge in [0.25, 0.3) is 10.0 Å². The largest absolute Gasteiger partial charge is 0.268 e. The lowest BCUT2D eigenvalue weighted by molar-refractivity contribution is 0.520. The van der Waals surface area contributed by atoms with Crippen molar-refractivity contribution in [2.45, 2.75) is 11.8 Å². The van der Waals surface area contributed by atoms with E-state index in [0.717, 1.165) is 10.0 Å². The fraction of sp³-hybridized carbons (Fsp3) is 0.167. The molecule has 1 aromatic carbocycles. The van der Waals surface area contributed by atoms with Crippen LogP contribution in [0.5, 0.6) is 0 Å². The second-order valence-electron chi connectivity index (χ2n) is 3.80. The zero-order valence-corrected chi connectivity index (χ0v) is 11.7. The monoisotopic (exact) mass is 313 g/mol. The summed E-state index contributed by atoms with van der Waals surface area (Å²) < 4.78 is 26.6. The fourth-order valence-corrected chi connectivity index (χ4v) is 3.37. The molecule has 0 amide bonds. The van der Waals surface area contributed by atoms with E-state index in [1.165, 1.54) is 4.31 Å². The molecule has 0 saturated carbocycles. The maximum atomic E-state index is 12.3. The van der Waals surface area contributed by atoms with Crippen molar-refractivity contribution >= 4 is 26.0 Å². The summed E-state index contributed by atoms with van der Waals surface area (Å²) in [7, 11) is -3.44. The van der Waals surface area contributed by atoms with Gasteiger partial charge in [0.05, 0.1) is 11.4 Å². The topological polar surface area (TPSA) is 37.4 Å². The quantitative estimate of drug-likeness (QED) is 0.842. The van der Waals surface area contributed by atoms with Crippen molar-refractivity contribution < 1.29 is 8.42 Å². The summed E-state index contributed by atoms with van der Waals surface area (Å²) in [5.74, 6) is 0. The van der Waals surface area contributed by atoms with Crippen molar-refractivity contribution in [3.63, 3.8) is 0 Å². The minimum absolute atomic E-state index is 0.315. The Hall–Kier alpha value is -1.07. The number of aryl methyl sites for hydroxylation is 1. The van der Waals surface area contributed by atoms with Crippen molar-refractivity contribution in [3.05, 3.63) is 52.7 Å². The summed E-state index contributed by atoms with van der Waals surface area (Å²) in [6, 6.07) is 6.85. The van der Waals surface area contributed by atoms with Crippen LogP contribution in [0, 0.1) is 6.92 Å². The second kappa shape index (κ2) is 4.66. The van der Waals surface area contributed by atoms with Gasteiger partial charge in [0.15, 0.2) is 0 Å². The van der Waals surface area contributed by atoms with Gasteiger partial charge >= 0.3 is 0 Å². The average molecular weight is 314 g/mol. The van der Waals surface area contributed by atoms with Gasteiger partial charge in [-0.15, -0.1) is 0 Å². The van der Waals surface area contributed by atoms with Crippen molar-refractivity contribution in [2.75, 3.05) is 6.54 Å². The van der Waals surface area contributed by atoms with Crippen LogP contribution >= 0.6 is 15.9 Å². The third-order valence-electron chi connectivity index (χ3n) is 2.46. The Balaban J connectivity index is 2.37. The van der Waals surface area contributed by atoms with Crippen LogP contribution < -0.4 is 0 Å². The van der Waals surface area contributed by atoms with E-state index < -0.39 is 10.0 Å². The summed E-state index contributed by atoms with van der Waals surface area (Å²) in [5, 5.41) is 0. The van der Waals surface area contributed by atoms with Crippen LogP contribution in [0.2, 0.25) is 0 Å². The third kappa shape index (κ3) is 2.61. The predicted molar refractivity (Wildman–Crippen MR) is 71.2 cm³/mol. The Labute approximate surface area is 110 Å². The number of hydrogen-bond acceptors (Lipinski definition) is 2. The van der Waals surface area contributed by atoms with Gasteiger partial charge in [0.1, 0.15) is 0 Å². The van der Waals surface area contributed by atoms with Crippen LogP contribution in [0.3, 0.4) is 0 Å². The molecule has 0 spiro atoms. The lowest BCUT2D eigenvalue weighted by atomic mass is 10.2. The highest BCUT2D eigenvalue weighted by Crippen LogP contribution is 2.21. The zero-order chi connectivity index (χ0) is 12.5. The molecule has 0 radical (unpaired) electrons. The molecule has 0 saturated heterocycles. The average Bonchev–Trinajstić information content (AvgIpc) is 2.29. The molecule has 5 heteroatoms. The predicted octanol–water partition coefficient (Wildman–Crippen LogP) is 2.79. The Kier molecular flexibility index (Phi) is 3.40. The molecule has 1 aliphatic heterocycles. The number of sulfonamides is 1. The number of allylic oxidation sites excluding steroid dienone is 2. The van der Waals surface area contributed by atoms with Crippen molar-refractivity contribution in [1.29, 1.82) is 0 Å². The number of nitrogens with zero attached hydrogens (tertiary/aromatic N) is 1. The van der Waals surface area contributed by atoms with E-state index in [1.54, 1.807) is 36.5 Å². The van der Waals surface area contributed by atoms with E-state index in [0.29, 0.717) is 11.4 Å². The van der Waals surface area contributed by atoms with Gasteiger partial charge in [-0.2, -0.15) is 0 Å². The maximum Gasteiger partial charge on any atom is 0.264 e. The first-order chi connectivity index (χ1) is 8.00. The zero-order valence-electron chi connectivity index (χ0n) is 9.30. The van der Waals surface area contributed by atoms with Crippen LogP contribution in [-0.2, 0) is 10.0 Å². The molecule has 2 rings (SSSR count). The molecule has 1 aliphatic rings. The van der Waals surface area contributed by atoms with E-state index in [1.807, 2.05) is 13.0 Å². The number of halogens is 1. The van der Waals surface area contributed by atoms with E-state index in [9.17, 15) is 8.42 Å². The lowest BCUT2D eigenvalue weighted by Crippen LogP contribution is -2.27. The fourth-order valence-electron chi connectivity index (χ4n) is 1.52. The Morgan fingerprint density at radius 2 is 1.88 bits per heavy atom. The number of hydrogen-bond donors (Lipinski definition) is 0. The van der Waals surface area contributed by atoms with Crippen molar-refractivity contribution in [1.82, 2.24) is 4.31 Å². The smallest absolute Gasteiger partial charge is 0.264 e. The second-order valence-corrected chi connectivity index (χ2v) is 6.61. The molecule has 1 aromatic rings. The van der Waals surface area contributed by atoms with Gasteiger partial charge in [-0.05, 0) is 41.1 Å². The van der Waals surface area contributed by atoms with E-state index >= 15 is 0 Å².